The second kappa shape index (κ2) is 7.35. The van der Waals surface area contributed by atoms with E-state index in [1.165, 1.54) is 11.3 Å². The van der Waals surface area contributed by atoms with Crippen LogP contribution in [0, 0.1) is 0 Å². The van der Waals surface area contributed by atoms with Crippen molar-refractivity contribution in [2.24, 2.45) is 0 Å². The first-order valence-electron chi connectivity index (χ1n) is 8.14. The molecular weight excluding hydrogens is 403 g/mol. The molecule has 0 spiro atoms. The first-order chi connectivity index (χ1) is 13.1. The van der Waals surface area contributed by atoms with Crippen LogP contribution in [0.15, 0.2) is 52.6 Å². The van der Waals surface area contributed by atoms with Crippen molar-refractivity contribution in [2.45, 2.75) is 6.42 Å². The van der Waals surface area contributed by atoms with E-state index < -0.39 is 0 Å². The number of benzene rings is 2. The van der Waals surface area contributed by atoms with Crippen LogP contribution < -0.4 is 10.3 Å². The fraction of sp³-hybridized carbons (Fsp3) is 0.100. The van der Waals surface area contributed by atoms with Crippen molar-refractivity contribution >= 4 is 44.8 Å². The minimum Gasteiger partial charge on any atom is -0.496 e. The average molecular weight is 417 g/mol. The number of hydrogen-bond acceptors (Lipinski definition) is 4. The van der Waals surface area contributed by atoms with Gasteiger partial charge in [-0.2, -0.15) is 0 Å². The van der Waals surface area contributed by atoms with E-state index >= 15 is 0 Å². The Hall–Kier alpha value is -2.34. The molecule has 2 heterocycles. The Bertz CT molecular complexity index is 1200. The van der Waals surface area contributed by atoms with Crippen LogP contribution in [0.1, 0.15) is 11.4 Å². The monoisotopic (exact) mass is 416 g/mol. The van der Waals surface area contributed by atoms with E-state index in [1.54, 1.807) is 19.2 Å². The van der Waals surface area contributed by atoms with Gasteiger partial charge in [0.25, 0.3) is 5.56 Å². The first-order valence-corrected chi connectivity index (χ1v) is 9.78. The number of H-pyrrole nitrogens is 1. The lowest BCUT2D eigenvalue weighted by Gasteiger charge is -2.08. The number of hydrogen-bond donors (Lipinski definition) is 1. The van der Waals surface area contributed by atoms with Gasteiger partial charge in [-0.15, -0.1) is 11.3 Å². The lowest BCUT2D eigenvalue weighted by molar-refractivity contribution is 0.410. The van der Waals surface area contributed by atoms with E-state index in [2.05, 4.69) is 9.97 Å². The van der Waals surface area contributed by atoms with E-state index in [0.29, 0.717) is 32.5 Å². The molecular formula is C20H14Cl2N2O2S. The molecule has 0 atom stereocenters. The summed E-state index contributed by atoms with van der Waals surface area (Å²) in [5.74, 6) is 1.36. The molecule has 0 saturated carbocycles. The summed E-state index contributed by atoms with van der Waals surface area (Å²) >= 11 is 13.5. The Morgan fingerprint density at radius 1 is 1.15 bits per heavy atom. The van der Waals surface area contributed by atoms with Gasteiger partial charge in [0.05, 0.1) is 22.5 Å². The van der Waals surface area contributed by atoms with Gasteiger partial charge in [-0.05, 0) is 23.8 Å². The van der Waals surface area contributed by atoms with Crippen LogP contribution in [-0.4, -0.2) is 17.1 Å². The number of thiophene rings is 1. The number of aromatic amines is 1. The van der Waals surface area contributed by atoms with E-state index in [-0.39, 0.29) is 5.56 Å². The molecule has 1 N–H and O–H groups in total. The number of methoxy groups -OCH3 is 1. The number of nitrogens with zero attached hydrogens (tertiary/aromatic N) is 1. The molecule has 27 heavy (non-hydrogen) atoms. The highest BCUT2D eigenvalue weighted by Crippen LogP contribution is 2.34. The summed E-state index contributed by atoms with van der Waals surface area (Å²) in [4.78, 5) is 21.0. The van der Waals surface area contributed by atoms with Crippen molar-refractivity contribution in [3.05, 3.63) is 79.6 Å². The summed E-state index contributed by atoms with van der Waals surface area (Å²) in [6.07, 6.45) is 0.481. The van der Waals surface area contributed by atoms with Crippen LogP contribution in [0.4, 0.5) is 0 Å². The number of halogens is 2. The number of para-hydroxylation sites is 1. The highest BCUT2D eigenvalue weighted by Gasteiger charge is 2.15. The number of rotatable bonds is 4. The molecule has 2 aromatic carbocycles. The van der Waals surface area contributed by atoms with Crippen LogP contribution in [0.2, 0.25) is 10.0 Å². The third-order valence-electron chi connectivity index (χ3n) is 4.27. The maximum absolute atomic E-state index is 12.8. The Balaban J connectivity index is 1.78. The normalized spacial score (nSPS) is 11.1. The number of fused-ring (bicyclic) bond motifs is 1. The number of nitrogens with one attached hydrogen (secondary N) is 1. The SMILES string of the molecule is COc1ccccc1Cc1nc2scc(-c3ccc(Cl)c(Cl)c3)c2c(=O)[nH]1. The second-order valence-corrected chi connectivity index (χ2v) is 7.63. The van der Waals surface area contributed by atoms with Crippen LogP contribution in [-0.2, 0) is 6.42 Å². The molecule has 7 heteroatoms. The van der Waals surface area contributed by atoms with Crippen molar-refractivity contribution in [2.75, 3.05) is 7.11 Å². The largest absolute Gasteiger partial charge is 0.496 e. The van der Waals surface area contributed by atoms with Gasteiger partial charge in [-0.1, -0.05) is 47.5 Å². The summed E-state index contributed by atoms with van der Waals surface area (Å²) in [6.45, 7) is 0. The molecule has 0 saturated heterocycles. The molecule has 0 radical (unpaired) electrons. The lowest BCUT2D eigenvalue weighted by Crippen LogP contribution is -2.12. The molecule has 0 aliphatic rings. The highest BCUT2D eigenvalue weighted by atomic mass is 35.5. The van der Waals surface area contributed by atoms with Gasteiger partial charge in [0.15, 0.2) is 0 Å². The highest BCUT2D eigenvalue weighted by molar-refractivity contribution is 7.17. The van der Waals surface area contributed by atoms with Gasteiger partial charge in [0, 0.05) is 22.9 Å². The summed E-state index contributed by atoms with van der Waals surface area (Å²) in [6, 6.07) is 13.0. The zero-order valence-corrected chi connectivity index (χ0v) is 16.6. The van der Waals surface area contributed by atoms with Crippen LogP contribution in [0.3, 0.4) is 0 Å². The Morgan fingerprint density at radius 2 is 1.96 bits per heavy atom. The predicted octanol–water partition coefficient (Wildman–Crippen LogP) is 5.56. The lowest BCUT2D eigenvalue weighted by atomic mass is 10.1. The molecule has 4 rings (SSSR count). The maximum atomic E-state index is 12.8. The van der Waals surface area contributed by atoms with Crippen molar-refractivity contribution in [1.29, 1.82) is 0 Å². The van der Waals surface area contributed by atoms with Crippen molar-refractivity contribution in [3.8, 4) is 16.9 Å². The molecule has 4 nitrogen and oxygen atoms in total. The molecule has 0 fully saturated rings. The fourth-order valence-corrected chi connectivity index (χ4v) is 4.25. The van der Waals surface area contributed by atoms with Crippen molar-refractivity contribution in [3.63, 3.8) is 0 Å². The Kier molecular flexibility index (Phi) is 4.91. The quantitative estimate of drug-likeness (QED) is 0.473. The zero-order chi connectivity index (χ0) is 19.0. The molecule has 0 unspecified atom stereocenters. The van der Waals surface area contributed by atoms with Gasteiger partial charge < -0.3 is 9.72 Å². The number of ether oxygens (including phenoxy) is 1. The predicted molar refractivity (Wildman–Crippen MR) is 111 cm³/mol. The van der Waals surface area contributed by atoms with E-state index in [9.17, 15) is 4.79 Å². The van der Waals surface area contributed by atoms with Gasteiger partial charge in [-0.25, -0.2) is 4.98 Å². The Morgan fingerprint density at radius 3 is 2.74 bits per heavy atom. The summed E-state index contributed by atoms with van der Waals surface area (Å²) in [7, 11) is 1.63. The molecule has 0 bridgehead atoms. The van der Waals surface area contributed by atoms with E-state index in [4.69, 9.17) is 27.9 Å². The van der Waals surface area contributed by atoms with Gasteiger partial charge >= 0.3 is 0 Å². The standard InChI is InChI=1S/C20H14Cl2N2O2S/c1-26-16-5-3-2-4-12(16)9-17-23-19(25)18-13(10-27-20(18)24-17)11-6-7-14(21)15(22)8-11/h2-8,10H,9H2,1H3,(H,23,24,25). The topological polar surface area (TPSA) is 55.0 Å². The summed E-state index contributed by atoms with van der Waals surface area (Å²) < 4.78 is 5.38. The minimum atomic E-state index is -0.174. The van der Waals surface area contributed by atoms with Gasteiger partial charge in [0.1, 0.15) is 16.4 Å². The van der Waals surface area contributed by atoms with Crippen LogP contribution in [0.5, 0.6) is 5.75 Å². The van der Waals surface area contributed by atoms with Crippen molar-refractivity contribution in [1.82, 2.24) is 9.97 Å². The third kappa shape index (κ3) is 3.46. The average Bonchev–Trinajstić information content (AvgIpc) is 3.09. The minimum absolute atomic E-state index is 0.174. The first kappa shape index (κ1) is 18.0. The smallest absolute Gasteiger partial charge is 0.260 e. The van der Waals surface area contributed by atoms with E-state index in [1.807, 2.05) is 35.7 Å². The Labute approximate surface area is 169 Å². The second-order valence-electron chi connectivity index (χ2n) is 5.96. The van der Waals surface area contributed by atoms with Crippen LogP contribution in [0.25, 0.3) is 21.3 Å². The summed E-state index contributed by atoms with van der Waals surface area (Å²) in [5.41, 5.74) is 2.42. The van der Waals surface area contributed by atoms with Gasteiger partial charge in [-0.3, -0.25) is 4.79 Å². The van der Waals surface area contributed by atoms with Crippen LogP contribution >= 0.6 is 34.5 Å². The molecule has 4 aromatic rings. The van der Waals surface area contributed by atoms with E-state index in [0.717, 1.165) is 22.4 Å². The van der Waals surface area contributed by atoms with Gasteiger partial charge in [0.2, 0.25) is 0 Å². The zero-order valence-electron chi connectivity index (χ0n) is 14.3. The maximum Gasteiger partial charge on any atom is 0.260 e. The fourth-order valence-electron chi connectivity index (χ4n) is 2.98. The summed E-state index contributed by atoms with van der Waals surface area (Å²) in [5, 5.41) is 3.40. The molecule has 2 aromatic heterocycles. The number of aromatic nitrogens is 2. The molecule has 0 aliphatic carbocycles. The molecule has 136 valence electrons. The molecule has 0 aliphatic heterocycles. The van der Waals surface area contributed by atoms with Crippen molar-refractivity contribution < 1.29 is 4.74 Å². The molecule has 0 amide bonds. The third-order valence-corrected chi connectivity index (χ3v) is 5.89.